The van der Waals surface area contributed by atoms with Crippen LogP contribution >= 0.6 is 0 Å². The van der Waals surface area contributed by atoms with E-state index < -0.39 is 12.0 Å². The fourth-order valence-corrected chi connectivity index (χ4v) is 3.73. The Morgan fingerprint density at radius 2 is 0.929 bits per heavy atom. The number of nitrogens with zero attached hydrogens (tertiary/aromatic N) is 1. The van der Waals surface area contributed by atoms with Gasteiger partial charge in [-0.2, -0.15) is 0 Å². The van der Waals surface area contributed by atoms with Crippen molar-refractivity contribution in [1.29, 1.82) is 0 Å². The van der Waals surface area contributed by atoms with E-state index in [0.717, 1.165) is 12.8 Å². The summed E-state index contributed by atoms with van der Waals surface area (Å²) < 4.78 is 0.0171. The highest BCUT2D eigenvalue weighted by molar-refractivity contribution is 4.60. The average Bonchev–Trinajstić information content (AvgIpc) is 2.61. The number of aliphatic hydroxyl groups is 3. The average molecular weight is 424 g/mol. The Morgan fingerprint density at radius 3 is 1.21 bits per heavy atom. The van der Waals surface area contributed by atoms with E-state index in [1.54, 1.807) is 14.1 Å². The third kappa shape index (κ3) is 14.2. The Bertz CT molecular complexity index is 336. The first kappa shape index (κ1) is 30.3. The first-order valence-electron chi connectivity index (χ1n) is 11.7. The van der Waals surface area contributed by atoms with Crippen LogP contribution in [0.1, 0.15) is 117 Å². The standard InChI is InChI=1S/C23H50NO3.ClH/c1-5-6-7-8-9-10-11-12-13-14-15-16-17-18-19-20-21-24(3,4)23(26,27)22(2)25;/h22,25-27H,5-21H2,1-4H3;1H/q+1;/p-1. The Morgan fingerprint density at radius 1 is 0.643 bits per heavy atom. The topological polar surface area (TPSA) is 60.7 Å². The number of hydrogen-bond acceptors (Lipinski definition) is 3. The number of quaternary nitrogens is 1. The van der Waals surface area contributed by atoms with Crippen LogP contribution in [0.25, 0.3) is 0 Å². The summed E-state index contributed by atoms with van der Waals surface area (Å²) in [6.07, 6.45) is 20.2. The molecule has 0 radical (unpaired) electrons. The Balaban J connectivity index is 0. The lowest BCUT2D eigenvalue weighted by Gasteiger charge is -2.42. The minimum atomic E-state index is -2.07. The number of rotatable bonds is 19. The molecule has 0 aliphatic heterocycles. The van der Waals surface area contributed by atoms with E-state index in [1.165, 1.54) is 96.8 Å². The molecule has 0 aliphatic carbocycles. The normalized spacial score (nSPS) is 13.4. The maximum atomic E-state index is 10.0. The second kappa shape index (κ2) is 17.9. The van der Waals surface area contributed by atoms with Gasteiger partial charge in [-0.1, -0.05) is 96.8 Å². The summed E-state index contributed by atoms with van der Waals surface area (Å²) in [6, 6.07) is 0. The molecule has 0 saturated heterocycles. The van der Waals surface area contributed by atoms with Crippen LogP contribution in [0, 0.1) is 0 Å². The van der Waals surface area contributed by atoms with Crippen molar-refractivity contribution >= 4 is 0 Å². The molecule has 4 nitrogen and oxygen atoms in total. The van der Waals surface area contributed by atoms with Crippen LogP contribution < -0.4 is 12.4 Å². The quantitative estimate of drug-likeness (QED) is 0.170. The minimum absolute atomic E-state index is 0. The van der Waals surface area contributed by atoms with Crippen molar-refractivity contribution in [3.05, 3.63) is 0 Å². The summed E-state index contributed by atoms with van der Waals surface area (Å²) in [7, 11) is 3.52. The van der Waals surface area contributed by atoms with Gasteiger partial charge in [0, 0.05) is 0 Å². The fraction of sp³-hybridized carbons (Fsp3) is 1.00. The maximum absolute atomic E-state index is 10.0. The second-order valence-corrected chi connectivity index (χ2v) is 9.08. The van der Waals surface area contributed by atoms with Crippen LogP contribution in [0.15, 0.2) is 0 Å². The van der Waals surface area contributed by atoms with Gasteiger partial charge in [-0.05, 0) is 19.8 Å². The highest BCUT2D eigenvalue weighted by atomic mass is 35.5. The molecule has 0 heterocycles. The fourth-order valence-electron chi connectivity index (χ4n) is 3.73. The molecule has 0 amide bonds. The number of halogens is 1. The molecule has 0 rings (SSSR count). The molecular weight excluding hydrogens is 374 g/mol. The third-order valence-electron chi connectivity index (χ3n) is 6.02. The van der Waals surface area contributed by atoms with Crippen LogP contribution in [0.4, 0.5) is 0 Å². The van der Waals surface area contributed by atoms with E-state index in [4.69, 9.17) is 0 Å². The van der Waals surface area contributed by atoms with E-state index in [-0.39, 0.29) is 16.9 Å². The smallest absolute Gasteiger partial charge is 0.340 e. The molecule has 1 unspecified atom stereocenters. The molecule has 5 heteroatoms. The highest BCUT2D eigenvalue weighted by Crippen LogP contribution is 2.21. The van der Waals surface area contributed by atoms with Gasteiger partial charge in [0.15, 0.2) is 6.10 Å². The van der Waals surface area contributed by atoms with Gasteiger partial charge in [-0.15, -0.1) is 0 Å². The lowest BCUT2D eigenvalue weighted by molar-refractivity contribution is -0.999. The molecule has 3 N–H and O–H groups in total. The van der Waals surface area contributed by atoms with Gasteiger partial charge in [-0.25, -0.2) is 0 Å². The monoisotopic (exact) mass is 423 g/mol. The lowest BCUT2D eigenvalue weighted by Crippen LogP contribution is -3.00. The largest absolute Gasteiger partial charge is 1.00 e. The molecule has 0 bridgehead atoms. The Labute approximate surface area is 181 Å². The zero-order valence-electron chi connectivity index (χ0n) is 19.3. The molecule has 1 atom stereocenters. The van der Waals surface area contributed by atoms with Crippen molar-refractivity contribution in [2.75, 3.05) is 20.6 Å². The van der Waals surface area contributed by atoms with E-state index >= 15 is 0 Å². The van der Waals surface area contributed by atoms with Gasteiger partial charge in [0.2, 0.25) is 0 Å². The van der Waals surface area contributed by atoms with Crippen LogP contribution in [-0.4, -0.2) is 52.5 Å². The predicted octanol–water partition coefficient (Wildman–Crippen LogP) is 2.35. The van der Waals surface area contributed by atoms with Crippen molar-refractivity contribution in [1.82, 2.24) is 0 Å². The van der Waals surface area contributed by atoms with Crippen LogP contribution in [0.3, 0.4) is 0 Å². The summed E-state index contributed by atoms with van der Waals surface area (Å²) in [5.74, 6) is -2.07. The van der Waals surface area contributed by atoms with Crippen LogP contribution in [0.2, 0.25) is 0 Å². The first-order valence-corrected chi connectivity index (χ1v) is 11.7. The lowest BCUT2D eigenvalue weighted by atomic mass is 10.0. The summed E-state index contributed by atoms with van der Waals surface area (Å²) in [6.45, 7) is 4.36. The Kier molecular flexibility index (Phi) is 19.4. The van der Waals surface area contributed by atoms with Crippen molar-refractivity contribution in [3.63, 3.8) is 0 Å². The number of likely N-dealkylation sites (N-methyl/N-ethyl adjacent to an activating group) is 1. The van der Waals surface area contributed by atoms with Gasteiger partial charge in [-0.3, -0.25) is 4.48 Å². The van der Waals surface area contributed by atoms with E-state index in [2.05, 4.69) is 6.92 Å². The summed E-state index contributed by atoms with van der Waals surface area (Å²) in [4.78, 5) is 0. The molecule has 0 spiro atoms. The predicted molar refractivity (Wildman–Crippen MR) is 115 cm³/mol. The first-order chi connectivity index (χ1) is 12.8. The number of aliphatic hydroxyl groups excluding tert-OH is 1. The third-order valence-corrected chi connectivity index (χ3v) is 6.02. The van der Waals surface area contributed by atoms with Crippen LogP contribution in [-0.2, 0) is 0 Å². The van der Waals surface area contributed by atoms with E-state index in [1.807, 2.05) is 0 Å². The highest BCUT2D eigenvalue weighted by Gasteiger charge is 2.46. The van der Waals surface area contributed by atoms with Crippen molar-refractivity contribution in [2.24, 2.45) is 0 Å². The molecule has 0 aromatic heterocycles. The minimum Gasteiger partial charge on any atom is -1.00 e. The van der Waals surface area contributed by atoms with Crippen LogP contribution in [0.5, 0.6) is 0 Å². The van der Waals surface area contributed by atoms with Crippen molar-refractivity contribution < 1.29 is 32.2 Å². The zero-order valence-corrected chi connectivity index (χ0v) is 20.0. The maximum Gasteiger partial charge on any atom is 0.340 e. The number of unbranched alkanes of at least 4 members (excludes halogenated alkanes) is 15. The summed E-state index contributed by atoms with van der Waals surface area (Å²) >= 11 is 0. The second-order valence-electron chi connectivity index (χ2n) is 9.08. The van der Waals surface area contributed by atoms with Gasteiger partial charge < -0.3 is 27.7 Å². The molecule has 0 aromatic carbocycles. The van der Waals surface area contributed by atoms with Crippen molar-refractivity contribution in [3.8, 4) is 0 Å². The SMILES string of the molecule is CCCCCCCCCCCCCCCCCC[N+](C)(C)C(O)(O)C(C)O.[Cl-]. The molecular formula is C23H50ClNO3. The van der Waals surface area contributed by atoms with Gasteiger partial charge in [0.05, 0.1) is 20.6 Å². The molecule has 0 saturated carbocycles. The van der Waals surface area contributed by atoms with E-state index in [0.29, 0.717) is 6.54 Å². The molecule has 0 aromatic rings. The van der Waals surface area contributed by atoms with Crippen molar-refractivity contribution in [2.45, 2.75) is 129 Å². The molecule has 172 valence electrons. The number of hydrogen-bond donors (Lipinski definition) is 3. The Hall–Kier alpha value is 0.130. The molecule has 28 heavy (non-hydrogen) atoms. The van der Waals surface area contributed by atoms with E-state index in [9.17, 15) is 15.3 Å². The molecule has 0 fully saturated rings. The summed E-state index contributed by atoms with van der Waals surface area (Å²) in [5, 5.41) is 29.6. The zero-order chi connectivity index (χ0) is 20.6. The molecule has 0 aliphatic rings. The van der Waals surface area contributed by atoms with Gasteiger partial charge in [0.1, 0.15) is 0 Å². The van der Waals surface area contributed by atoms with Gasteiger partial charge >= 0.3 is 5.91 Å². The summed E-state index contributed by atoms with van der Waals surface area (Å²) in [5.41, 5.74) is 0. The van der Waals surface area contributed by atoms with Gasteiger partial charge in [0.25, 0.3) is 0 Å².